The van der Waals surface area contributed by atoms with Crippen molar-refractivity contribution in [2.24, 2.45) is 7.05 Å². The topological polar surface area (TPSA) is 65.4 Å². The summed E-state index contributed by atoms with van der Waals surface area (Å²) in [5.41, 5.74) is 1.17. The molecule has 4 aromatic rings. The van der Waals surface area contributed by atoms with Crippen LogP contribution in [0.1, 0.15) is 21.1 Å². The molecule has 0 aliphatic rings. The minimum absolute atomic E-state index is 0.156. The van der Waals surface area contributed by atoms with E-state index in [0.29, 0.717) is 38.6 Å². The molecular weight excluding hydrogens is 405 g/mol. The Bertz CT molecular complexity index is 1180. The molecule has 2 aromatic carbocycles. The number of aryl methyl sites for hydroxylation is 1. The lowest BCUT2D eigenvalue weighted by atomic mass is 10.1. The monoisotopic (exact) mass is 425 g/mol. The number of nitrogens with one attached hydrogen (secondary N) is 1. The molecule has 1 amide bonds. The van der Waals surface area contributed by atoms with Gasteiger partial charge in [0.1, 0.15) is 24.0 Å². The molecule has 0 saturated carbocycles. The predicted octanol–water partition coefficient (Wildman–Crippen LogP) is 4.75. The molecule has 2 heterocycles. The number of ether oxygens (including phenoxy) is 2. The van der Waals surface area contributed by atoms with Crippen LogP contribution in [0.2, 0.25) is 0 Å². The maximum absolute atomic E-state index is 14.3. The maximum Gasteiger partial charge on any atom is 0.266 e. The average molecular weight is 425 g/mol. The first-order chi connectivity index (χ1) is 14.6. The van der Waals surface area contributed by atoms with Crippen molar-refractivity contribution in [2.75, 3.05) is 12.4 Å². The van der Waals surface area contributed by atoms with Gasteiger partial charge in [-0.1, -0.05) is 6.07 Å². The molecule has 30 heavy (non-hydrogen) atoms. The zero-order chi connectivity index (χ0) is 21.1. The summed E-state index contributed by atoms with van der Waals surface area (Å²) < 4.78 is 27.9. The van der Waals surface area contributed by atoms with Crippen LogP contribution >= 0.6 is 11.3 Å². The number of nitrogens with zero attached hydrogens (tertiary/aromatic N) is 2. The zero-order valence-electron chi connectivity index (χ0n) is 16.5. The van der Waals surface area contributed by atoms with E-state index in [0.717, 1.165) is 5.82 Å². The number of methoxy groups -OCH3 is 1. The Kier molecular flexibility index (Phi) is 5.78. The van der Waals surface area contributed by atoms with Gasteiger partial charge in [0.25, 0.3) is 5.91 Å². The Hall–Kier alpha value is -3.23. The summed E-state index contributed by atoms with van der Waals surface area (Å²) in [7, 11) is 3.43. The van der Waals surface area contributed by atoms with Gasteiger partial charge < -0.3 is 19.4 Å². The first-order valence-electron chi connectivity index (χ1n) is 9.26. The lowest BCUT2D eigenvalue weighted by Gasteiger charge is -2.09. The van der Waals surface area contributed by atoms with Gasteiger partial charge in [-0.25, -0.2) is 9.37 Å². The number of fused-ring (bicyclic) bond motifs is 1. The summed E-state index contributed by atoms with van der Waals surface area (Å²) in [6.45, 7) is 0.507. The van der Waals surface area contributed by atoms with Crippen molar-refractivity contribution < 1.29 is 18.7 Å². The van der Waals surface area contributed by atoms with Crippen LogP contribution in [0.3, 0.4) is 0 Å². The molecule has 0 aliphatic carbocycles. The van der Waals surface area contributed by atoms with Crippen molar-refractivity contribution in [3.05, 3.63) is 76.9 Å². The predicted molar refractivity (Wildman–Crippen MR) is 114 cm³/mol. The lowest BCUT2D eigenvalue weighted by molar-refractivity contribution is 0.102. The van der Waals surface area contributed by atoms with E-state index in [-0.39, 0.29) is 18.3 Å². The number of aromatic nitrogens is 2. The number of halogens is 1. The summed E-state index contributed by atoms with van der Waals surface area (Å²) >= 11 is 1.25. The van der Waals surface area contributed by atoms with Crippen LogP contribution < -0.4 is 10.1 Å². The number of imidazole rings is 1. The van der Waals surface area contributed by atoms with Gasteiger partial charge in [-0.15, -0.1) is 11.3 Å². The van der Waals surface area contributed by atoms with Crippen LogP contribution in [0, 0.1) is 5.82 Å². The molecule has 8 heteroatoms. The highest BCUT2D eigenvalue weighted by molar-refractivity contribution is 7.21. The van der Waals surface area contributed by atoms with Gasteiger partial charge in [0.05, 0.1) is 11.5 Å². The molecule has 0 bridgehead atoms. The van der Waals surface area contributed by atoms with Crippen LogP contribution in [0.25, 0.3) is 10.1 Å². The van der Waals surface area contributed by atoms with Crippen molar-refractivity contribution in [2.45, 2.75) is 13.2 Å². The summed E-state index contributed by atoms with van der Waals surface area (Å²) in [5, 5.41) is 3.30. The fraction of sp³-hybridized carbons (Fsp3) is 0.182. The second kappa shape index (κ2) is 8.64. The van der Waals surface area contributed by atoms with Crippen LogP contribution in [-0.4, -0.2) is 22.6 Å². The number of amides is 1. The number of hydrogen-bond acceptors (Lipinski definition) is 5. The molecular formula is C22H20FN3O3S. The molecule has 0 fully saturated rings. The van der Waals surface area contributed by atoms with Crippen LogP contribution in [0.4, 0.5) is 10.1 Å². The smallest absolute Gasteiger partial charge is 0.266 e. The van der Waals surface area contributed by atoms with Gasteiger partial charge in [0, 0.05) is 47.9 Å². The molecule has 0 saturated heterocycles. The van der Waals surface area contributed by atoms with Crippen LogP contribution in [-0.2, 0) is 25.0 Å². The molecule has 0 atom stereocenters. The number of thiophene rings is 1. The molecule has 0 radical (unpaired) electrons. The molecule has 0 spiro atoms. The number of carbonyl (C=O) groups excluding carboxylic acids is 1. The number of benzene rings is 2. The van der Waals surface area contributed by atoms with Crippen molar-refractivity contribution in [1.29, 1.82) is 0 Å². The van der Waals surface area contributed by atoms with E-state index in [1.54, 1.807) is 42.6 Å². The normalized spacial score (nSPS) is 11.0. The van der Waals surface area contributed by atoms with E-state index in [2.05, 4.69) is 10.3 Å². The highest BCUT2D eigenvalue weighted by Crippen LogP contribution is 2.34. The molecule has 1 N–H and O–H groups in total. The highest BCUT2D eigenvalue weighted by Gasteiger charge is 2.20. The van der Waals surface area contributed by atoms with Crippen LogP contribution in [0.15, 0.2) is 54.9 Å². The molecule has 4 rings (SSSR count). The Morgan fingerprint density at radius 3 is 2.70 bits per heavy atom. The summed E-state index contributed by atoms with van der Waals surface area (Å²) in [6, 6.07) is 11.9. The summed E-state index contributed by atoms with van der Waals surface area (Å²) in [4.78, 5) is 17.5. The molecule has 6 nitrogen and oxygen atoms in total. The Balaban J connectivity index is 1.49. The van der Waals surface area contributed by atoms with E-state index in [4.69, 9.17) is 9.47 Å². The Labute approximate surface area is 176 Å². The third kappa shape index (κ3) is 4.05. The van der Waals surface area contributed by atoms with E-state index in [1.807, 2.05) is 17.8 Å². The number of rotatable bonds is 7. The number of carbonyl (C=O) groups is 1. The highest BCUT2D eigenvalue weighted by atomic mass is 32.1. The molecule has 0 aliphatic heterocycles. The van der Waals surface area contributed by atoms with E-state index >= 15 is 0 Å². The number of anilines is 1. The Morgan fingerprint density at radius 2 is 2.00 bits per heavy atom. The summed E-state index contributed by atoms with van der Waals surface area (Å²) in [6.07, 6.45) is 3.57. The van der Waals surface area contributed by atoms with Crippen molar-refractivity contribution in [3.63, 3.8) is 0 Å². The van der Waals surface area contributed by atoms with E-state index in [9.17, 15) is 9.18 Å². The third-order valence-corrected chi connectivity index (χ3v) is 5.86. The zero-order valence-corrected chi connectivity index (χ0v) is 17.3. The van der Waals surface area contributed by atoms with E-state index < -0.39 is 0 Å². The standard InChI is InChI=1S/C22H20FN3O3S/c1-26-11-10-24-19(26)13-29-15-8-6-14(7-9-15)25-22(27)21-16(12-28-2)20-17(23)4-3-5-18(20)30-21/h3-11H,12-13H2,1-2H3,(H,25,27). The molecule has 0 unspecified atom stereocenters. The SMILES string of the molecule is COCc1c(C(=O)Nc2ccc(OCc3nccn3C)cc2)sc2cccc(F)c12. The van der Waals surface area contributed by atoms with Crippen LogP contribution in [0.5, 0.6) is 5.75 Å². The van der Waals surface area contributed by atoms with Gasteiger partial charge in [-0.3, -0.25) is 4.79 Å². The first kappa shape index (κ1) is 20.1. The molecule has 2 aromatic heterocycles. The van der Waals surface area contributed by atoms with Gasteiger partial charge in [0.2, 0.25) is 0 Å². The van der Waals surface area contributed by atoms with Crippen molar-refractivity contribution >= 4 is 33.0 Å². The second-order valence-electron chi connectivity index (χ2n) is 6.68. The number of hydrogen-bond donors (Lipinski definition) is 1. The van der Waals surface area contributed by atoms with Crippen molar-refractivity contribution in [3.8, 4) is 5.75 Å². The third-order valence-electron chi connectivity index (χ3n) is 4.66. The fourth-order valence-corrected chi connectivity index (χ4v) is 4.26. The van der Waals surface area contributed by atoms with Gasteiger partial charge in [0.15, 0.2) is 0 Å². The van der Waals surface area contributed by atoms with Crippen molar-refractivity contribution in [1.82, 2.24) is 9.55 Å². The lowest BCUT2D eigenvalue weighted by Crippen LogP contribution is -2.12. The molecule has 154 valence electrons. The maximum atomic E-state index is 14.3. The quantitative estimate of drug-likeness (QED) is 0.464. The van der Waals surface area contributed by atoms with Gasteiger partial charge in [-0.2, -0.15) is 0 Å². The fourth-order valence-electron chi connectivity index (χ4n) is 3.14. The van der Waals surface area contributed by atoms with Gasteiger partial charge >= 0.3 is 0 Å². The summed E-state index contributed by atoms with van der Waals surface area (Å²) in [5.74, 6) is 0.823. The largest absolute Gasteiger partial charge is 0.486 e. The average Bonchev–Trinajstić information content (AvgIpc) is 3.32. The first-order valence-corrected chi connectivity index (χ1v) is 10.1. The van der Waals surface area contributed by atoms with Gasteiger partial charge in [-0.05, 0) is 36.4 Å². The minimum atomic E-state index is -0.357. The van der Waals surface area contributed by atoms with E-state index in [1.165, 1.54) is 24.5 Å². The Morgan fingerprint density at radius 1 is 1.20 bits per heavy atom. The second-order valence-corrected chi connectivity index (χ2v) is 7.73. The minimum Gasteiger partial charge on any atom is -0.486 e.